The Balaban J connectivity index is 0.986. The van der Waals surface area contributed by atoms with Gasteiger partial charge in [-0.05, 0) is 104 Å². The number of pyridine rings is 1. The first-order chi connectivity index (χ1) is 33.5. The summed E-state index contributed by atoms with van der Waals surface area (Å²) in [7, 11) is 0. The van der Waals surface area contributed by atoms with E-state index in [9.17, 15) is 0 Å². The average Bonchev–Trinajstić information content (AvgIpc) is 4.00. The molecular weight excluding hydrogens is 841 g/mol. The number of hydrogen-bond donors (Lipinski definition) is 0. The summed E-state index contributed by atoms with van der Waals surface area (Å²) in [5.74, 6) is 0. The van der Waals surface area contributed by atoms with Crippen LogP contribution in [0.1, 0.15) is 47.2 Å². The molecule has 3 heteroatoms. The molecule has 12 aromatic rings. The molecule has 0 amide bonds. The third-order valence-corrected chi connectivity index (χ3v) is 16.3. The number of para-hydroxylation sites is 1. The first-order valence-electron chi connectivity index (χ1n) is 23.6. The molecule has 0 unspecified atom stereocenters. The van der Waals surface area contributed by atoms with Crippen LogP contribution in [0.2, 0.25) is 0 Å². The lowest BCUT2D eigenvalue weighted by Gasteiger charge is -2.35. The Morgan fingerprint density at radius 3 is 1.65 bits per heavy atom. The van der Waals surface area contributed by atoms with Crippen molar-refractivity contribution in [1.82, 2.24) is 4.98 Å². The molecule has 0 saturated carbocycles. The summed E-state index contributed by atoms with van der Waals surface area (Å²) in [6.07, 6.45) is 0. The van der Waals surface area contributed by atoms with Crippen molar-refractivity contribution in [1.29, 1.82) is 0 Å². The Bertz CT molecular complexity index is 3960. The maximum Gasteiger partial charge on any atom is 0.0788 e. The number of thiophene rings is 1. The van der Waals surface area contributed by atoms with Gasteiger partial charge in [0.1, 0.15) is 0 Å². The fourth-order valence-electron chi connectivity index (χ4n) is 12.1. The van der Waals surface area contributed by atoms with Gasteiger partial charge >= 0.3 is 0 Å². The number of nitrogens with zero attached hydrogens (tertiary/aromatic N) is 2. The van der Waals surface area contributed by atoms with Crippen molar-refractivity contribution in [3.8, 4) is 33.5 Å². The summed E-state index contributed by atoms with van der Waals surface area (Å²) in [4.78, 5) is 7.90. The van der Waals surface area contributed by atoms with Crippen molar-refractivity contribution in [2.75, 3.05) is 4.90 Å². The van der Waals surface area contributed by atoms with Gasteiger partial charge in [-0.15, -0.1) is 11.3 Å². The van der Waals surface area contributed by atoms with Crippen LogP contribution >= 0.6 is 11.3 Å². The normalized spacial score (nSPS) is 14.0. The van der Waals surface area contributed by atoms with E-state index in [0.717, 1.165) is 33.8 Å². The molecule has 0 spiro atoms. The van der Waals surface area contributed by atoms with Gasteiger partial charge in [0.2, 0.25) is 0 Å². The van der Waals surface area contributed by atoms with Gasteiger partial charge in [0, 0.05) is 64.4 Å². The van der Waals surface area contributed by atoms with Gasteiger partial charge in [0.15, 0.2) is 0 Å². The highest BCUT2D eigenvalue weighted by atomic mass is 32.1. The molecule has 0 aliphatic heterocycles. The predicted octanol–water partition coefficient (Wildman–Crippen LogP) is 17.6. The van der Waals surface area contributed by atoms with Crippen molar-refractivity contribution < 1.29 is 0 Å². The number of anilines is 3. The average molecular weight is 885 g/mol. The number of fused-ring (bicyclic) bond motifs is 13. The maximum atomic E-state index is 5.42. The zero-order chi connectivity index (χ0) is 45.1. The molecule has 2 aliphatic carbocycles. The summed E-state index contributed by atoms with van der Waals surface area (Å²) in [5.41, 5.74) is 18.7. The minimum Gasteiger partial charge on any atom is -0.310 e. The Kier molecular flexibility index (Phi) is 8.45. The maximum absolute atomic E-state index is 5.42. The predicted molar refractivity (Wildman–Crippen MR) is 287 cm³/mol. The molecular formula is C65H44N2S. The molecule has 2 nitrogen and oxygen atoms in total. The van der Waals surface area contributed by atoms with Crippen LogP contribution in [0.3, 0.4) is 0 Å². The first-order valence-corrected chi connectivity index (χ1v) is 24.4. The monoisotopic (exact) mass is 884 g/mol. The van der Waals surface area contributed by atoms with E-state index >= 15 is 0 Å². The molecule has 0 saturated heterocycles. The fourth-order valence-corrected chi connectivity index (χ4v) is 13.3. The van der Waals surface area contributed by atoms with E-state index < -0.39 is 5.41 Å². The van der Waals surface area contributed by atoms with Crippen LogP contribution in [0.5, 0.6) is 0 Å². The van der Waals surface area contributed by atoms with Crippen molar-refractivity contribution >= 4 is 70.2 Å². The van der Waals surface area contributed by atoms with E-state index in [4.69, 9.17) is 4.98 Å². The minimum absolute atomic E-state index is 0.157. The number of hydrogen-bond acceptors (Lipinski definition) is 3. The fraction of sp³-hybridized carbons (Fsp3) is 0.0615. The second-order valence-electron chi connectivity index (χ2n) is 19.0. The van der Waals surface area contributed by atoms with Crippen LogP contribution in [0.25, 0.3) is 75.4 Å². The molecule has 0 bridgehead atoms. The van der Waals surface area contributed by atoms with Crippen molar-refractivity contribution in [3.63, 3.8) is 0 Å². The van der Waals surface area contributed by atoms with Crippen LogP contribution < -0.4 is 4.90 Å². The lowest BCUT2D eigenvalue weighted by Crippen LogP contribution is -2.28. The summed E-state index contributed by atoms with van der Waals surface area (Å²) in [5, 5.41) is 6.24. The van der Waals surface area contributed by atoms with E-state index in [2.05, 4.69) is 249 Å². The molecule has 2 aromatic heterocycles. The molecule has 68 heavy (non-hydrogen) atoms. The van der Waals surface area contributed by atoms with Crippen molar-refractivity contribution in [3.05, 3.63) is 264 Å². The second-order valence-corrected chi connectivity index (χ2v) is 20.0. The van der Waals surface area contributed by atoms with Gasteiger partial charge in [0.05, 0.1) is 16.6 Å². The SMILES string of the molecule is CC1(C)c2ccccc2-c2ccc(N(c3ccc(-c4nc5ccccc5c5c4ccc4c6ccccc6sc45)cc3)c3ccc4c(c3)C(c3ccccc3)(c3ccccc3)c3ccccc3-4)cc21. The Labute approximate surface area is 400 Å². The largest absolute Gasteiger partial charge is 0.310 e. The molecule has 14 rings (SSSR count). The van der Waals surface area contributed by atoms with Crippen LogP contribution in [-0.2, 0) is 10.8 Å². The van der Waals surface area contributed by atoms with Crippen LogP contribution in [0.4, 0.5) is 17.1 Å². The smallest absolute Gasteiger partial charge is 0.0788 e. The van der Waals surface area contributed by atoms with Crippen LogP contribution in [0, 0.1) is 0 Å². The second kappa shape index (κ2) is 14.7. The zero-order valence-corrected chi connectivity index (χ0v) is 38.6. The molecule has 2 aliphatic rings. The van der Waals surface area contributed by atoms with E-state index in [1.54, 1.807) is 0 Å². The number of rotatable bonds is 6. The third kappa shape index (κ3) is 5.48. The Morgan fingerprint density at radius 1 is 0.397 bits per heavy atom. The highest BCUT2D eigenvalue weighted by molar-refractivity contribution is 7.26. The molecule has 2 heterocycles. The summed E-state index contributed by atoms with van der Waals surface area (Å²) < 4.78 is 2.62. The van der Waals surface area contributed by atoms with E-state index in [-0.39, 0.29) is 5.41 Å². The van der Waals surface area contributed by atoms with Crippen LogP contribution in [0.15, 0.2) is 231 Å². The van der Waals surface area contributed by atoms with E-state index in [1.807, 2.05) is 11.3 Å². The van der Waals surface area contributed by atoms with Crippen LogP contribution in [-0.4, -0.2) is 4.98 Å². The molecule has 0 fully saturated rings. The van der Waals surface area contributed by atoms with Gasteiger partial charge in [0.25, 0.3) is 0 Å². The highest BCUT2D eigenvalue weighted by Crippen LogP contribution is 2.58. The lowest BCUT2D eigenvalue weighted by atomic mass is 9.67. The van der Waals surface area contributed by atoms with E-state index in [1.165, 1.54) is 92.0 Å². The summed E-state index contributed by atoms with van der Waals surface area (Å²) in [6.45, 7) is 4.74. The van der Waals surface area contributed by atoms with Crippen molar-refractivity contribution in [2.24, 2.45) is 0 Å². The standard InChI is InChI=1S/C65H44N2S/c1-64(2)55-25-13-9-21-47(55)49-35-33-45(39-57(49)64)67(46-34-36-50-48-22-10-14-26-56(48)65(58(50)40-46,42-17-5-3-6-18-42)43-19-7-4-8-20-43)44-31-29-41(30-32-44)62-54-38-37-52-51-23-12-16-28-60(51)68-63(52)61(54)53-24-11-15-27-59(53)66-62/h3-40H,1-2H3. The lowest BCUT2D eigenvalue weighted by molar-refractivity contribution is 0.660. The highest BCUT2D eigenvalue weighted by Gasteiger charge is 2.46. The van der Waals surface area contributed by atoms with Gasteiger partial charge in [-0.2, -0.15) is 0 Å². The van der Waals surface area contributed by atoms with E-state index in [0.29, 0.717) is 0 Å². The molecule has 0 radical (unpaired) electrons. The summed E-state index contributed by atoms with van der Waals surface area (Å²) in [6, 6.07) is 85.6. The Hall–Kier alpha value is -8.11. The van der Waals surface area contributed by atoms with Crippen molar-refractivity contribution in [2.45, 2.75) is 24.7 Å². The molecule has 0 N–H and O–H groups in total. The topological polar surface area (TPSA) is 16.1 Å². The Morgan fingerprint density at radius 2 is 0.926 bits per heavy atom. The molecule has 10 aromatic carbocycles. The molecule has 320 valence electrons. The third-order valence-electron chi connectivity index (χ3n) is 15.1. The van der Waals surface area contributed by atoms with Gasteiger partial charge < -0.3 is 4.90 Å². The van der Waals surface area contributed by atoms with Gasteiger partial charge in [-0.3, -0.25) is 0 Å². The first kappa shape index (κ1) is 39.1. The van der Waals surface area contributed by atoms with Gasteiger partial charge in [-0.1, -0.05) is 196 Å². The summed E-state index contributed by atoms with van der Waals surface area (Å²) >= 11 is 1.88. The zero-order valence-electron chi connectivity index (χ0n) is 37.7. The quantitative estimate of drug-likeness (QED) is 0.155. The number of benzene rings is 10. The van der Waals surface area contributed by atoms with Gasteiger partial charge in [-0.25, -0.2) is 4.98 Å². The number of aromatic nitrogens is 1. The molecule has 0 atom stereocenters. The minimum atomic E-state index is -0.524.